The van der Waals surface area contributed by atoms with E-state index in [1.807, 2.05) is 6.92 Å². The number of esters is 1. The highest BCUT2D eigenvalue weighted by Crippen LogP contribution is 2.23. The predicted octanol–water partition coefficient (Wildman–Crippen LogP) is 2.90. The highest BCUT2D eigenvalue weighted by atomic mass is 19.1. The minimum Gasteiger partial charge on any atom is -0.492 e. The summed E-state index contributed by atoms with van der Waals surface area (Å²) in [5, 5.41) is 6.44. The van der Waals surface area contributed by atoms with Crippen molar-refractivity contribution >= 4 is 23.3 Å². The first kappa shape index (κ1) is 19.3. The molecule has 28 heavy (non-hydrogen) atoms. The van der Waals surface area contributed by atoms with Gasteiger partial charge in [0.1, 0.15) is 11.6 Å². The van der Waals surface area contributed by atoms with Crippen molar-refractivity contribution in [3.05, 3.63) is 59.9 Å². The second kappa shape index (κ2) is 8.98. The van der Waals surface area contributed by atoms with Crippen molar-refractivity contribution in [2.45, 2.75) is 19.4 Å². The van der Waals surface area contributed by atoms with Gasteiger partial charge in [0.15, 0.2) is 6.61 Å². The quantitative estimate of drug-likeness (QED) is 0.740. The maximum Gasteiger partial charge on any atom is 0.351 e. The summed E-state index contributed by atoms with van der Waals surface area (Å²) in [5.74, 6) is -1.11. The van der Waals surface area contributed by atoms with Crippen molar-refractivity contribution in [1.29, 1.82) is 0 Å². The fourth-order valence-electron chi connectivity index (χ4n) is 2.61. The monoisotopic (exact) mass is 386 g/mol. The highest BCUT2D eigenvalue weighted by Gasteiger charge is 2.30. The summed E-state index contributed by atoms with van der Waals surface area (Å²) >= 11 is 0. The van der Waals surface area contributed by atoms with Crippen LogP contribution in [0.2, 0.25) is 0 Å². The van der Waals surface area contributed by atoms with E-state index in [-0.39, 0.29) is 6.42 Å². The van der Waals surface area contributed by atoms with Gasteiger partial charge in [0.25, 0.3) is 5.91 Å². The summed E-state index contributed by atoms with van der Waals surface area (Å²) in [5.41, 5.74) is 1.45. The smallest absolute Gasteiger partial charge is 0.351 e. The highest BCUT2D eigenvalue weighted by molar-refractivity contribution is 6.03. The second-order valence-corrected chi connectivity index (χ2v) is 5.93. The second-order valence-electron chi connectivity index (χ2n) is 5.93. The molecule has 0 radical (unpaired) electrons. The number of rotatable bonds is 7. The van der Waals surface area contributed by atoms with Gasteiger partial charge in [-0.3, -0.25) is 4.79 Å². The van der Waals surface area contributed by atoms with Crippen LogP contribution in [0.5, 0.6) is 5.75 Å². The summed E-state index contributed by atoms with van der Waals surface area (Å²) in [6.45, 7) is 1.81. The van der Waals surface area contributed by atoms with E-state index < -0.39 is 30.4 Å². The minimum absolute atomic E-state index is 0.136. The molecule has 8 heteroatoms. The van der Waals surface area contributed by atoms with E-state index in [1.165, 1.54) is 12.1 Å². The van der Waals surface area contributed by atoms with Crippen molar-refractivity contribution in [2.75, 3.05) is 18.5 Å². The molecular formula is C20H19FN2O5. The molecule has 0 aromatic heterocycles. The summed E-state index contributed by atoms with van der Waals surface area (Å²) in [6, 6.07) is 12.8. The maximum atomic E-state index is 13.3. The largest absolute Gasteiger partial charge is 0.492 e. The lowest BCUT2D eigenvalue weighted by molar-refractivity contribution is -0.157. The zero-order valence-corrected chi connectivity index (χ0v) is 15.2. The summed E-state index contributed by atoms with van der Waals surface area (Å²) in [6.07, 6.45) is -0.835. The zero-order valence-electron chi connectivity index (χ0n) is 15.2. The molecule has 1 aliphatic heterocycles. The number of nitrogens with zero attached hydrogens (tertiary/aromatic N) is 1. The molecule has 0 saturated heterocycles. The van der Waals surface area contributed by atoms with Crippen LogP contribution in [0.25, 0.3) is 0 Å². The Morgan fingerprint density at radius 2 is 2.07 bits per heavy atom. The van der Waals surface area contributed by atoms with E-state index >= 15 is 0 Å². The molecule has 1 aliphatic rings. The molecule has 7 nitrogen and oxygen atoms in total. The molecule has 0 spiro atoms. The normalized spacial score (nSPS) is 15.4. The van der Waals surface area contributed by atoms with Gasteiger partial charge >= 0.3 is 5.97 Å². The third-order valence-electron chi connectivity index (χ3n) is 3.90. The lowest BCUT2D eigenvalue weighted by atomic mass is 10.1. The molecule has 146 valence electrons. The molecule has 2 aromatic carbocycles. The third kappa shape index (κ3) is 4.85. The van der Waals surface area contributed by atoms with Crippen LogP contribution in [0, 0.1) is 5.82 Å². The number of hydrogen-bond donors (Lipinski definition) is 1. The van der Waals surface area contributed by atoms with Gasteiger partial charge in [-0.2, -0.15) is 0 Å². The molecule has 0 aliphatic carbocycles. The van der Waals surface area contributed by atoms with Gasteiger partial charge in [0.05, 0.1) is 18.0 Å². The van der Waals surface area contributed by atoms with Crippen molar-refractivity contribution in [2.24, 2.45) is 5.16 Å². The van der Waals surface area contributed by atoms with Crippen molar-refractivity contribution in [3.63, 3.8) is 0 Å². The predicted molar refractivity (Wildman–Crippen MR) is 99.6 cm³/mol. The van der Waals surface area contributed by atoms with E-state index in [0.717, 1.165) is 0 Å². The van der Waals surface area contributed by atoms with Crippen molar-refractivity contribution in [1.82, 2.24) is 0 Å². The van der Waals surface area contributed by atoms with E-state index in [1.54, 1.807) is 36.4 Å². The van der Waals surface area contributed by atoms with Crippen LogP contribution in [0.3, 0.4) is 0 Å². The Labute approximate surface area is 161 Å². The molecule has 1 amide bonds. The fourth-order valence-corrected chi connectivity index (χ4v) is 2.61. The van der Waals surface area contributed by atoms with Gasteiger partial charge in [0, 0.05) is 12.0 Å². The number of oxime groups is 1. The third-order valence-corrected chi connectivity index (χ3v) is 3.90. The van der Waals surface area contributed by atoms with Gasteiger partial charge in [0.2, 0.25) is 6.10 Å². The average molecular weight is 386 g/mol. The SMILES string of the molecule is CCOc1ccccc1NC(=O)COC(=O)C1CC(c2cccc(F)c2)=NO1. The summed E-state index contributed by atoms with van der Waals surface area (Å²) in [4.78, 5) is 29.2. The summed E-state index contributed by atoms with van der Waals surface area (Å²) < 4.78 is 23.7. The molecule has 1 atom stereocenters. The van der Waals surface area contributed by atoms with Crippen molar-refractivity contribution in [3.8, 4) is 5.75 Å². The Kier molecular flexibility index (Phi) is 6.21. The van der Waals surface area contributed by atoms with Crippen LogP contribution in [0.1, 0.15) is 18.9 Å². The number of halogens is 1. The lowest BCUT2D eigenvalue weighted by Gasteiger charge is -2.12. The first-order chi connectivity index (χ1) is 13.6. The van der Waals surface area contributed by atoms with Crippen LogP contribution in [-0.2, 0) is 19.2 Å². The topological polar surface area (TPSA) is 86.2 Å². The molecule has 3 rings (SSSR count). The Bertz CT molecular complexity index is 900. The molecule has 0 saturated carbocycles. The molecule has 1 unspecified atom stereocenters. The van der Waals surface area contributed by atoms with Gasteiger partial charge in [-0.15, -0.1) is 0 Å². The van der Waals surface area contributed by atoms with Gasteiger partial charge in [-0.1, -0.05) is 29.4 Å². The number of hydrogen-bond acceptors (Lipinski definition) is 6. The molecular weight excluding hydrogens is 367 g/mol. The van der Waals surface area contributed by atoms with E-state index in [2.05, 4.69) is 10.5 Å². The lowest BCUT2D eigenvalue weighted by Crippen LogP contribution is -2.28. The Balaban J connectivity index is 1.49. The number of ether oxygens (including phenoxy) is 2. The van der Waals surface area contributed by atoms with Crippen molar-refractivity contribution < 1.29 is 28.3 Å². The fraction of sp³-hybridized carbons (Fsp3) is 0.250. The van der Waals surface area contributed by atoms with Crippen LogP contribution in [-0.4, -0.2) is 36.9 Å². The number of nitrogens with one attached hydrogen (secondary N) is 1. The minimum atomic E-state index is -0.971. The van der Waals surface area contributed by atoms with Crippen LogP contribution >= 0.6 is 0 Å². The number of para-hydroxylation sites is 2. The number of anilines is 1. The van der Waals surface area contributed by atoms with Crippen LogP contribution in [0.15, 0.2) is 53.7 Å². The first-order valence-corrected chi connectivity index (χ1v) is 8.73. The van der Waals surface area contributed by atoms with Crippen LogP contribution < -0.4 is 10.1 Å². The molecule has 1 heterocycles. The number of carbonyl (C=O) groups is 2. The Morgan fingerprint density at radius 3 is 2.86 bits per heavy atom. The summed E-state index contributed by atoms with van der Waals surface area (Å²) in [7, 11) is 0. The van der Waals surface area contributed by atoms with Gasteiger partial charge in [-0.25, -0.2) is 9.18 Å². The Hall–Kier alpha value is -3.42. The standard InChI is InChI=1S/C20H19FN2O5/c1-2-26-17-9-4-3-8-15(17)22-19(24)12-27-20(25)18-11-16(23-28-18)13-6-5-7-14(21)10-13/h3-10,18H,2,11-12H2,1H3,(H,22,24). The first-order valence-electron chi connectivity index (χ1n) is 8.73. The van der Waals surface area contributed by atoms with E-state index in [4.69, 9.17) is 14.3 Å². The zero-order chi connectivity index (χ0) is 19.9. The molecule has 0 fully saturated rings. The molecule has 2 aromatic rings. The van der Waals surface area contributed by atoms with Gasteiger partial charge < -0.3 is 19.6 Å². The molecule has 1 N–H and O–H groups in total. The van der Waals surface area contributed by atoms with E-state index in [9.17, 15) is 14.0 Å². The molecule has 0 bridgehead atoms. The number of carbonyl (C=O) groups excluding carboxylic acids is 2. The van der Waals surface area contributed by atoms with E-state index in [0.29, 0.717) is 29.3 Å². The average Bonchev–Trinajstić information content (AvgIpc) is 3.18. The van der Waals surface area contributed by atoms with Crippen LogP contribution in [0.4, 0.5) is 10.1 Å². The van der Waals surface area contributed by atoms with Gasteiger partial charge in [-0.05, 0) is 31.2 Å². The Morgan fingerprint density at radius 1 is 1.25 bits per heavy atom. The number of benzene rings is 2. The maximum absolute atomic E-state index is 13.3. The number of amides is 1.